The van der Waals surface area contributed by atoms with Gasteiger partial charge in [0.25, 0.3) is 0 Å². The highest BCUT2D eigenvalue weighted by molar-refractivity contribution is 5.15. The molecule has 1 aromatic rings. The molecule has 2 rings (SSSR count). The van der Waals surface area contributed by atoms with Crippen molar-refractivity contribution in [3.8, 4) is 5.88 Å². The summed E-state index contributed by atoms with van der Waals surface area (Å²) in [5.41, 5.74) is 1.04. The van der Waals surface area contributed by atoms with Gasteiger partial charge in [0.1, 0.15) is 6.33 Å². The zero-order valence-electron chi connectivity index (χ0n) is 11.4. The summed E-state index contributed by atoms with van der Waals surface area (Å²) in [6.45, 7) is 7.30. The molecule has 1 atom stereocenters. The van der Waals surface area contributed by atoms with E-state index in [1.165, 1.54) is 19.4 Å². The van der Waals surface area contributed by atoms with Gasteiger partial charge >= 0.3 is 0 Å². The van der Waals surface area contributed by atoms with Gasteiger partial charge < -0.3 is 10.1 Å². The van der Waals surface area contributed by atoms with Gasteiger partial charge in [0.15, 0.2) is 0 Å². The summed E-state index contributed by atoms with van der Waals surface area (Å²) in [6, 6.07) is 1.95. The molecule has 1 unspecified atom stereocenters. The van der Waals surface area contributed by atoms with Crippen LogP contribution in [0.15, 0.2) is 12.4 Å². The normalized spacial score (nSPS) is 20.1. The van der Waals surface area contributed by atoms with E-state index in [-0.39, 0.29) is 0 Å². The van der Waals surface area contributed by atoms with Gasteiger partial charge in [-0.25, -0.2) is 9.97 Å². The second kappa shape index (κ2) is 6.69. The highest BCUT2D eigenvalue weighted by Crippen LogP contribution is 2.17. The monoisotopic (exact) mass is 249 g/mol. The van der Waals surface area contributed by atoms with Crippen molar-refractivity contribution < 1.29 is 4.74 Å². The molecule has 0 amide bonds. The molecule has 1 N–H and O–H groups in total. The van der Waals surface area contributed by atoms with Gasteiger partial charge in [-0.2, -0.15) is 0 Å². The first-order chi connectivity index (χ1) is 8.75. The molecule has 0 aromatic carbocycles. The maximum atomic E-state index is 5.72. The Kier molecular flexibility index (Phi) is 4.93. The van der Waals surface area contributed by atoms with E-state index in [0.29, 0.717) is 11.8 Å². The fraction of sp³-hybridized carbons (Fsp3) is 0.714. The quantitative estimate of drug-likeness (QED) is 0.870. The van der Waals surface area contributed by atoms with Crippen LogP contribution in [0.1, 0.15) is 44.7 Å². The molecule has 1 fully saturated rings. The van der Waals surface area contributed by atoms with Crippen molar-refractivity contribution in [3.05, 3.63) is 18.1 Å². The number of ether oxygens (including phenoxy) is 1. The van der Waals surface area contributed by atoms with Crippen LogP contribution in [-0.4, -0.2) is 29.7 Å². The topological polar surface area (TPSA) is 47.0 Å². The number of hydrogen-bond donors (Lipinski definition) is 1. The highest BCUT2D eigenvalue weighted by Gasteiger charge is 2.13. The van der Waals surface area contributed by atoms with Crippen molar-refractivity contribution in [2.75, 3.05) is 19.7 Å². The van der Waals surface area contributed by atoms with Crippen molar-refractivity contribution in [2.45, 2.75) is 39.0 Å². The van der Waals surface area contributed by atoms with E-state index in [4.69, 9.17) is 4.74 Å². The molecule has 4 heteroatoms. The van der Waals surface area contributed by atoms with E-state index < -0.39 is 0 Å². The van der Waals surface area contributed by atoms with E-state index in [0.717, 1.165) is 31.2 Å². The lowest BCUT2D eigenvalue weighted by atomic mass is 9.97. The van der Waals surface area contributed by atoms with E-state index >= 15 is 0 Å². The number of hydrogen-bond acceptors (Lipinski definition) is 4. The third-order valence-electron chi connectivity index (χ3n) is 3.43. The van der Waals surface area contributed by atoms with Crippen LogP contribution in [-0.2, 0) is 0 Å². The lowest BCUT2D eigenvalue weighted by Crippen LogP contribution is -2.30. The Morgan fingerprint density at radius 3 is 3.06 bits per heavy atom. The fourth-order valence-corrected chi connectivity index (χ4v) is 2.25. The van der Waals surface area contributed by atoms with Crippen LogP contribution in [0.25, 0.3) is 0 Å². The first-order valence-corrected chi connectivity index (χ1v) is 6.91. The third kappa shape index (κ3) is 3.95. The van der Waals surface area contributed by atoms with Gasteiger partial charge in [0, 0.05) is 6.07 Å². The smallest absolute Gasteiger partial charge is 0.216 e. The minimum atomic E-state index is 0.415. The predicted octanol–water partition coefficient (Wildman–Crippen LogP) is 2.37. The second-order valence-electron chi connectivity index (χ2n) is 5.29. The number of aromatic nitrogens is 2. The van der Waals surface area contributed by atoms with E-state index in [2.05, 4.69) is 29.1 Å². The van der Waals surface area contributed by atoms with Gasteiger partial charge in [-0.3, -0.25) is 0 Å². The summed E-state index contributed by atoms with van der Waals surface area (Å²) in [5.74, 6) is 1.88. The molecule has 1 aliphatic rings. The van der Waals surface area contributed by atoms with Gasteiger partial charge in [-0.15, -0.1) is 0 Å². The predicted molar refractivity (Wildman–Crippen MR) is 71.8 cm³/mol. The molecule has 0 spiro atoms. The van der Waals surface area contributed by atoms with Crippen molar-refractivity contribution in [3.63, 3.8) is 0 Å². The van der Waals surface area contributed by atoms with Crippen LogP contribution in [0.2, 0.25) is 0 Å². The Bertz CT molecular complexity index is 362. The zero-order valence-corrected chi connectivity index (χ0v) is 11.4. The summed E-state index contributed by atoms with van der Waals surface area (Å²) >= 11 is 0. The SMILES string of the molecule is CC(C)c1cc(OCCC2CCCNC2)ncn1. The summed E-state index contributed by atoms with van der Waals surface area (Å²) in [6.07, 6.45) is 5.30. The van der Waals surface area contributed by atoms with E-state index in [1.54, 1.807) is 6.33 Å². The molecule has 18 heavy (non-hydrogen) atoms. The number of nitrogens with one attached hydrogen (secondary N) is 1. The maximum absolute atomic E-state index is 5.72. The summed E-state index contributed by atoms with van der Waals surface area (Å²) in [5, 5.41) is 3.43. The molecule has 0 aliphatic carbocycles. The summed E-state index contributed by atoms with van der Waals surface area (Å²) < 4.78 is 5.72. The minimum Gasteiger partial charge on any atom is -0.478 e. The maximum Gasteiger partial charge on any atom is 0.216 e. The largest absolute Gasteiger partial charge is 0.478 e. The molecule has 1 aromatic heterocycles. The molecular weight excluding hydrogens is 226 g/mol. The Hall–Kier alpha value is -1.16. The average molecular weight is 249 g/mol. The van der Waals surface area contributed by atoms with Crippen molar-refractivity contribution >= 4 is 0 Å². The molecule has 0 bridgehead atoms. The lowest BCUT2D eigenvalue weighted by molar-refractivity contribution is 0.247. The highest BCUT2D eigenvalue weighted by atomic mass is 16.5. The lowest BCUT2D eigenvalue weighted by Gasteiger charge is -2.22. The third-order valence-corrected chi connectivity index (χ3v) is 3.43. The Morgan fingerprint density at radius 1 is 1.44 bits per heavy atom. The number of rotatable bonds is 5. The molecule has 1 aliphatic heterocycles. The first kappa shape index (κ1) is 13.3. The molecule has 0 saturated carbocycles. The fourth-order valence-electron chi connectivity index (χ4n) is 2.25. The molecule has 1 saturated heterocycles. The van der Waals surface area contributed by atoms with Gasteiger partial charge in [0.2, 0.25) is 5.88 Å². The summed E-state index contributed by atoms with van der Waals surface area (Å²) in [4.78, 5) is 8.39. The molecule has 0 radical (unpaired) electrons. The molecular formula is C14H23N3O. The van der Waals surface area contributed by atoms with Crippen LogP contribution in [0.5, 0.6) is 5.88 Å². The van der Waals surface area contributed by atoms with Crippen LogP contribution < -0.4 is 10.1 Å². The second-order valence-corrected chi connectivity index (χ2v) is 5.29. The van der Waals surface area contributed by atoms with Crippen molar-refractivity contribution in [2.24, 2.45) is 5.92 Å². The molecule has 2 heterocycles. The Morgan fingerprint density at radius 2 is 2.33 bits per heavy atom. The Balaban J connectivity index is 1.77. The standard InChI is InChI=1S/C14H23N3O/c1-11(2)13-8-14(17-10-16-13)18-7-5-12-4-3-6-15-9-12/h8,10-12,15H,3-7,9H2,1-2H3. The minimum absolute atomic E-state index is 0.415. The van der Waals surface area contributed by atoms with Crippen LogP contribution >= 0.6 is 0 Å². The summed E-state index contributed by atoms with van der Waals surface area (Å²) in [7, 11) is 0. The van der Waals surface area contributed by atoms with Crippen LogP contribution in [0.4, 0.5) is 0 Å². The average Bonchev–Trinajstić information content (AvgIpc) is 2.40. The first-order valence-electron chi connectivity index (χ1n) is 6.91. The molecule has 100 valence electrons. The van der Waals surface area contributed by atoms with Crippen molar-refractivity contribution in [1.82, 2.24) is 15.3 Å². The Labute approximate surface area is 109 Å². The number of piperidine rings is 1. The van der Waals surface area contributed by atoms with Gasteiger partial charge in [0.05, 0.1) is 12.3 Å². The van der Waals surface area contributed by atoms with Crippen LogP contribution in [0, 0.1) is 5.92 Å². The van der Waals surface area contributed by atoms with E-state index in [1.807, 2.05) is 6.07 Å². The van der Waals surface area contributed by atoms with Crippen LogP contribution in [0.3, 0.4) is 0 Å². The zero-order chi connectivity index (χ0) is 12.8. The number of nitrogens with zero attached hydrogens (tertiary/aromatic N) is 2. The van der Waals surface area contributed by atoms with Gasteiger partial charge in [-0.05, 0) is 44.2 Å². The molecule has 4 nitrogen and oxygen atoms in total. The van der Waals surface area contributed by atoms with Crippen molar-refractivity contribution in [1.29, 1.82) is 0 Å². The van der Waals surface area contributed by atoms with Gasteiger partial charge in [-0.1, -0.05) is 13.8 Å². The van der Waals surface area contributed by atoms with E-state index in [9.17, 15) is 0 Å².